The van der Waals surface area contributed by atoms with Crippen LogP contribution in [0, 0.1) is 6.92 Å². The molecule has 1 atom stereocenters. The number of rotatable bonds is 6. The van der Waals surface area contributed by atoms with Gasteiger partial charge in [0.05, 0.1) is 0 Å². The Balaban J connectivity index is 1.77. The van der Waals surface area contributed by atoms with Crippen molar-refractivity contribution in [1.82, 2.24) is 15.6 Å². The molecule has 1 unspecified atom stereocenters. The minimum Gasteiger partial charge on any atom is -0.365 e. The van der Waals surface area contributed by atoms with Gasteiger partial charge in [-0.15, -0.1) is 0 Å². The standard InChI is InChI=1S/C13H21N3O/c1-9-5-13(17)11(7-14-9)8-15-10(2)6-16-12-3-4-12/h5,7,10,12,15-16H,3-4,6,8H2,1-2H3,(H,14,17). The molecule has 94 valence electrons. The molecule has 0 saturated heterocycles. The summed E-state index contributed by atoms with van der Waals surface area (Å²) in [7, 11) is 0. The smallest absolute Gasteiger partial charge is 0.186 e. The summed E-state index contributed by atoms with van der Waals surface area (Å²) >= 11 is 0. The minimum absolute atomic E-state index is 0.108. The van der Waals surface area contributed by atoms with Crippen LogP contribution >= 0.6 is 0 Å². The molecule has 1 aliphatic rings. The van der Waals surface area contributed by atoms with Gasteiger partial charge in [-0.05, 0) is 26.7 Å². The second-order valence-electron chi connectivity index (χ2n) is 4.97. The lowest BCUT2D eigenvalue weighted by atomic mass is 10.2. The highest BCUT2D eigenvalue weighted by Gasteiger charge is 2.20. The summed E-state index contributed by atoms with van der Waals surface area (Å²) in [6.07, 6.45) is 4.42. The van der Waals surface area contributed by atoms with E-state index in [-0.39, 0.29) is 5.43 Å². The van der Waals surface area contributed by atoms with Gasteiger partial charge in [-0.1, -0.05) is 0 Å². The zero-order valence-corrected chi connectivity index (χ0v) is 10.5. The van der Waals surface area contributed by atoms with Gasteiger partial charge in [0.1, 0.15) is 0 Å². The van der Waals surface area contributed by atoms with E-state index in [2.05, 4.69) is 22.5 Å². The number of nitrogens with one attached hydrogen (secondary N) is 3. The number of hydrogen-bond acceptors (Lipinski definition) is 3. The highest BCUT2D eigenvalue weighted by atomic mass is 16.1. The van der Waals surface area contributed by atoms with Gasteiger partial charge in [0.2, 0.25) is 0 Å². The van der Waals surface area contributed by atoms with Crippen molar-refractivity contribution in [2.24, 2.45) is 0 Å². The number of H-pyrrole nitrogens is 1. The predicted octanol–water partition coefficient (Wildman–Crippen LogP) is 0.913. The van der Waals surface area contributed by atoms with E-state index in [1.54, 1.807) is 12.3 Å². The van der Waals surface area contributed by atoms with E-state index < -0.39 is 0 Å². The average Bonchev–Trinajstić information content (AvgIpc) is 3.09. The first-order valence-corrected chi connectivity index (χ1v) is 6.30. The molecular weight excluding hydrogens is 214 g/mol. The van der Waals surface area contributed by atoms with Gasteiger partial charge in [-0.25, -0.2) is 0 Å². The van der Waals surface area contributed by atoms with Crippen molar-refractivity contribution in [2.45, 2.75) is 45.3 Å². The molecule has 1 fully saturated rings. The lowest BCUT2D eigenvalue weighted by molar-refractivity contribution is 0.499. The summed E-state index contributed by atoms with van der Waals surface area (Å²) in [5, 5.41) is 6.83. The third kappa shape index (κ3) is 3.98. The maximum Gasteiger partial charge on any atom is 0.186 e. The first-order chi connectivity index (χ1) is 8.15. The van der Waals surface area contributed by atoms with E-state index in [1.165, 1.54) is 12.8 Å². The van der Waals surface area contributed by atoms with Crippen LogP contribution in [0.2, 0.25) is 0 Å². The van der Waals surface area contributed by atoms with Crippen molar-refractivity contribution in [3.63, 3.8) is 0 Å². The first kappa shape index (κ1) is 12.3. The molecule has 0 radical (unpaired) electrons. The van der Waals surface area contributed by atoms with E-state index in [1.807, 2.05) is 6.92 Å². The van der Waals surface area contributed by atoms with Crippen LogP contribution in [0.15, 0.2) is 17.1 Å². The fraction of sp³-hybridized carbons (Fsp3) is 0.615. The quantitative estimate of drug-likeness (QED) is 0.687. The van der Waals surface area contributed by atoms with Crippen LogP contribution < -0.4 is 16.1 Å². The first-order valence-electron chi connectivity index (χ1n) is 6.30. The largest absolute Gasteiger partial charge is 0.365 e. The van der Waals surface area contributed by atoms with Crippen molar-refractivity contribution in [3.8, 4) is 0 Å². The molecular formula is C13H21N3O. The molecule has 3 N–H and O–H groups in total. The van der Waals surface area contributed by atoms with Crippen LogP contribution in [-0.4, -0.2) is 23.6 Å². The molecule has 0 aromatic carbocycles. The minimum atomic E-state index is 0.108. The van der Waals surface area contributed by atoms with E-state index in [0.717, 1.165) is 23.8 Å². The van der Waals surface area contributed by atoms with Gasteiger partial charge in [-0.2, -0.15) is 0 Å². The summed E-state index contributed by atoms with van der Waals surface area (Å²) < 4.78 is 0. The molecule has 1 heterocycles. The second-order valence-corrected chi connectivity index (χ2v) is 4.97. The zero-order chi connectivity index (χ0) is 12.3. The SMILES string of the molecule is Cc1cc(=O)c(CNC(C)CNC2CC2)c[nH]1. The average molecular weight is 235 g/mol. The lowest BCUT2D eigenvalue weighted by Gasteiger charge is -2.14. The molecule has 4 nitrogen and oxygen atoms in total. The molecule has 0 aliphatic heterocycles. The molecule has 2 rings (SSSR count). The highest BCUT2D eigenvalue weighted by molar-refractivity contribution is 5.13. The summed E-state index contributed by atoms with van der Waals surface area (Å²) in [6, 6.07) is 2.77. The summed E-state index contributed by atoms with van der Waals surface area (Å²) in [4.78, 5) is 14.7. The molecule has 0 bridgehead atoms. The molecule has 17 heavy (non-hydrogen) atoms. The van der Waals surface area contributed by atoms with Gasteiger partial charge in [0.25, 0.3) is 0 Å². The number of pyridine rings is 1. The Morgan fingerprint density at radius 2 is 2.29 bits per heavy atom. The molecule has 0 amide bonds. The van der Waals surface area contributed by atoms with Crippen LogP contribution in [0.3, 0.4) is 0 Å². The Kier molecular flexibility index (Phi) is 3.97. The maximum absolute atomic E-state index is 11.7. The normalized spacial score (nSPS) is 17.1. The van der Waals surface area contributed by atoms with Gasteiger partial charge < -0.3 is 15.6 Å². The van der Waals surface area contributed by atoms with Gasteiger partial charge >= 0.3 is 0 Å². The van der Waals surface area contributed by atoms with Crippen molar-refractivity contribution in [2.75, 3.05) is 6.54 Å². The Bertz CT molecular complexity index is 423. The Morgan fingerprint density at radius 1 is 1.53 bits per heavy atom. The van der Waals surface area contributed by atoms with Gasteiger partial charge in [0, 0.05) is 48.7 Å². The van der Waals surface area contributed by atoms with Crippen LogP contribution in [0.5, 0.6) is 0 Å². The van der Waals surface area contributed by atoms with E-state index in [9.17, 15) is 4.79 Å². The van der Waals surface area contributed by atoms with Crippen LogP contribution in [0.4, 0.5) is 0 Å². The van der Waals surface area contributed by atoms with Crippen molar-refractivity contribution >= 4 is 0 Å². The van der Waals surface area contributed by atoms with Crippen LogP contribution in [-0.2, 0) is 6.54 Å². The molecule has 1 aliphatic carbocycles. The third-order valence-electron chi connectivity index (χ3n) is 3.07. The maximum atomic E-state index is 11.7. The molecule has 1 aromatic heterocycles. The topological polar surface area (TPSA) is 56.9 Å². The zero-order valence-electron chi connectivity index (χ0n) is 10.5. The van der Waals surface area contributed by atoms with Gasteiger partial charge in [0.15, 0.2) is 5.43 Å². The second kappa shape index (κ2) is 5.47. The number of aromatic amines is 1. The van der Waals surface area contributed by atoms with Crippen molar-refractivity contribution in [3.05, 3.63) is 33.7 Å². The Morgan fingerprint density at radius 3 is 2.94 bits per heavy atom. The fourth-order valence-electron chi connectivity index (χ4n) is 1.73. The summed E-state index contributed by atoms with van der Waals surface area (Å²) in [6.45, 7) is 5.62. The lowest BCUT2D eigenvalue weighted by Crippen LogP contribution is -2.37. The van der Waals surface area contributed by atoms with Crippen LogP contribution in [0.1, 0.15) is 31.0 Å². The van der Waals surface area contributed by atoms with E-state index in [4.69, 9.17) is 0 Å². The molecule has 1 aromatic rings. The molecule has 1 saturated carbocycles. The summed E-state index contributed by atoms with van der Waals surface area (Å²) in [5.41, 5.74) is 1.81. The third-order valence-corrected chi connectivity index (χ3v) is 3.07. The molecule has 0 spiro atoms. The molecule has 4 heteroatoms. The summed E-state index contributed by atoms with van der Waals surface area (Å²) in [5.74, 6) is 0. The van der Waals surface area contributed by atoms with Gasteiger partial charge in [-0.3, -0.25) is 4.79 Å². The number of aromatic nitrogens is 1. The number of aryl methyl sites for hydroxylation is 1. The van der Waals surface area contributed by atoms with Crippen molar-refractivity contribution in [1.29, 1.82) is 0 Å². The Hall–Kier alpha value is -1.13. The van der Waals surface area contributed by atoms with E-state index >= 15 is 0 Å². The monoisotopic (exact) mass is 235 g/mol. The fourth-order valence-corrected chi connectivity index (χ4v) is 1.73. The van der Waals surface area contributed by atoms with Crippen molar-refractivity contribution < 1.29 is 0 Å². The number of hydrogen-bond donors (Lipinski definition) is 3. The Labute approximate surface area is 102 Å². The highest BCUT2D eigenvalue weighted by Crippen LogP contribution is 2.18. The van der Waals surface area contributed by atoms with Crippen LogP contribution in [0.25, 0.3) is 0 Å². The predicted molar refractivity (Wildman–Crippen MR) is 69.1 cm³/mol. The van der Waals surface area contributed by atoms with E-state index in [0.29, 0.717) is 12.6 Å².